The maximum absolute atomic E-state index is 12.1. The Morgan fingerprint density at radius 1 is 1.16 bits per heavy atom. The molecule has 0 aliphatic carbocycles. The summed E-state index contributed by atoms with van der Waals surface area (Å²) in [5.74, 6) is -0.326. The van der Waals surface area contributed by atoms with Gasteiger partial charge < -0.3 is 18.6 Å². The first-order chi connectivity index (χ1) is 11.6. The average Bonchev–Trinajstić information content (AvgIpc) is 3.01. The molecular formula is C19H26BNO4. The number of benzene rings is 1. The summed E-state index contributed by atoms with van der Waals surface area (Å²) in [6.07, 6.45) is 1.86. The molecule has 5 nitrogen and oxygen atoms in total. The fourth-order valence-electron chi connectivity index (χ4n) is 3.09. The van der Waals surface area contributed by atoms with Crippen LogP contribution in [0.4, 0.5) is 0 Å². The fourth-order valence-corrected chi connectivity index (χ4v) is 3.09. The largest absolute Gasteiger partial charge is 0.494 e. The lowest BCUT2D eigenvalue weighted by atomic mass is 9.78. The summed E-state index contributed by atoms with van der Waals surface area (Å²) in [6.45, 7) is 12.3. The number of rotatable bonds is 3. The van der Waals surface area contributed by atoms with Gasteiger partial charge in [-0.05, 0) is 53.1 Å². The first kappa shape index (κ1) is 18.0. The highest BCUT2D eigenvalue weighted by Gasteiger charge is 2.51. The molecule has 1 aliphatic heterocycles. The molecule has 0 atom stereocenters. The smallest absolute Gasteiger partial charge is 0.465 e. The van der Waals surface area contributed by atoms with Gasteiger partial charge in [-0.1, -0.05) is 12.1 Å². The normalized spacial score (nSPS) is 19.0. The Morgan fingerprint density at radius 3 is 2.28 bits per heavy atom. The number of nitrogens with zero attached hydrogens (tertiary/aromatic N) is 1. The van der Waals surface area contributed by atoms with Gasteiger partial charge in [0.1, 0.15) is 0 Å². The third kappa shape index (κ3) is 2.87. The van der Waals surface area contributed by atoms with E-state index in [4.69, 9.17) is 14.0 Å². The van der Waals surface area contributed by atoms with Crippen molar-refractivity contribution in [3.05, 3.63) is 30.0 Å². The molecule has 0 bridgehead atoms. The van der Waals surface area contributed by atoms with Gasteiger partial charge in [0.25, 0.3) is 0 Å². The predicted molar refractivity (Wildman–Crippen MR) is 99.4 cm³/mol. The summed E-state index contributed by atoms with van der Waals surface area (Å²) in [5.41, 5.74) is 1.73. The van der Waals surface area contributed by atoms with Crippen LogP contribution in [0, 0.1) is 0 Å². The molecule has 1 fully saturated rings. The van der Waals surface area contributed by atoms with Crippen LogP contribution >= 0.6 is 0 Å². The molecule has 134 valence electrons. The van der Waals surface area contributed by atoms with Crippen molar-refractivity contribution >= 4 is 29.5 Å². The number of hydrogen-bond donors (Lipinski definition) is 0. The van der Waals surface area contributed by atoms with Gasteiger partial charge in [-0.25, -0.2) is 4.79 Å². The monoisotopic (exact) mass is 343 g/mol. The summed E-state index contributed by atoms with van der Waals surface area (Å²) in [7, 11) is 0.978. The van der Waals surface area contributed by atoms with E-state index < -0.39 is 7.12 Å². The molecule has 0 amide bonds. The molecular weight excluding hydrogens is 317 g/mol. The summed E-state index contributed by atoms with van der Waals surface area (Å²) in [4.78, 5) is 12.1. The Balaban J connectivity index is 2.09. The van der Waals surface area contributed by atoms with Gasteiger partial charge >= 0.3 is 13.1 Å². The Labute approximate surface area is 149 Å². The molecule has 0 saturated carbocycles. The lowest BCUT2D eigenvalue weighted by Gasteiger charge is -2.32. The van der Waals surface area contributed by atoms with Crippen LogP contribution in [-0.2, 0) is 14.0 Å². The standard InChI is InChI=1S/C19H26BNO4/c1-12(2)21-11-15(17(22)23-7)14-9-8-13(10-16(14)21)20-24-18(3,4)19(5,6)25-20/h8-12H,1-7H3. The molecule has 0 spiro atoms. The minimum Gasteiger partial charge on any atom is -0.465 e. The molecule has 1 saturated heterocycles. The predicted octanol–water partition coefficient (Wildman–Crippen LogP) is 3.31. The highest BCUT2D eigenvalue weighted by molar-refractivity contribution is 6.62. The summed E-state index contributed by atoms with van der Waals surface area (Å²) >= 11 is 0. The number of carbonyl (C=O) groups excluding carboxylic acids is 1. The molecule has 1 aromatic heterocycles. The average molecular weight is 343 g/mol. The Bertz CT molecular complexity index is 806. The zero-order chi connectivity index (χ0) is 18.6. The zero-order valence-electron chi connectivity index (χ0n) is 16.0. The summed E-state index contributed by atoms with van der Waals surface area (Å²) in [6, 6.07) is 6.17. The van der Waals surface area contributed by atoms with Crippen LogP contribution < -0.4 is 5.46 Å². The molecule has 0 N–H and O–H groups in total. The second kappa shape index (κ2) is 5.89. The van der Waals surface area contributed by atoms with Crippen LogP contribution in [0.25, 0.3) is 10.9 Å². The topological polar surface area (TPSA) is 49.7 Å². The zero-order valence-corrected chi connectivity index (χ0v) is 16.0. The maximum atomic E-state index is 12.1. The first-order valence-electron chi connectivity index (χ1n) is 8.66. The van der Waals surface area contributed by atoms with Gasteiger partial charge in [0.05, 0.1) is 23.9 Å². The molecule has 1 aliphatic rings. The first-order valence-corrected chi connectivity index (χ1v) is 8.66. The van der Waals surface area contributed by atoms with Crippen LogP contribution in [0.5, 0.6) is 0 Å². The molecule has 3 rings (SSSR count). The maximum Gasteiger partial charge on any atom is 0.494 e. The number of aromatic nitrogens is 1. The van der Waals surface area contributed by atoms with E-state index in [0.717, 1.165) is 16.4 Å². The van der Waals surface area contributed by atoms with Gasteiger partial charge in [0.15, 0.2) is 0 Å². The van der Waals surface area contributed by atoms with E-state index in [2.05, 4.69) is 18.4 Å². The van der Waals surface area contributed by atoms with Crippen LogP contribution in [-0.4, -0.2) is 36.0 Å². The van der Waals surface area contributed by atoms with Crippen LogP contribution in [0.3, 0.4) is 0 Å². The number of carbonyl (C=O) groups is 1. The molecule has 25 heavy (non-hydrogen) atoms. The third-order valence-corrected chi connectivity index (χ3v) is 5.35. The molecule has 2 aromatic rings. The second-order valence-electron chi connectivity index (χ2n) is 7.90. The van der Waals surface area contributed by atoms with Gasteiger partial charge in [-0.3, -0.25) is 0 Å². The van der Waals surface area contributed by atoms with E-state index in [1.807, 2.05) is 52.1 Å². The van der Waals surface area contributed by atoms with E-state index in [-0.39, 0.29) is 23.2 Å². The van der Waals surface area contributed by atoms with E-state index in [9.17, 15) is 4.79 Å². The van der Waals surface area contributed by atoms with Crippen molar-refractivity contribution in [2.75, 3.05) is 7.11 Å². The number of ether oxygens (including phenoxy) is 1. The molecule has 0 radical (unpaired) electrons. The molecule has 6 heteroatoms. The highest BCUT2D eigenvalue weighted by Crippen LogP contribution is 2.36. The van der Waals surface area contributed by atoms with E-state index >= 15 is 0 Å². The Kier molecular flexibility index (Phi) is 4.24. The summed E-state index contributed by atoms with van der Waals surface area (Å²) in [5, 5.41) is 0.876. The summed E-state index contributed by atoms with van der Waals surface area (Å²) < 4.78 is 19.3. The Hall–Kier alpha value is -1.79. The lowest BCUT2D eigenvalue weighted by Crippen LogP contribution is -2.41. The third-order valence-electron chi connectivity index (χ3n) is 5.35. The highest BCUT2D eigenvalue weighted by atomic mass is 16.7. The molecule has 2 heterocycles. The van der Waals surface area contributed by atoms with Crippen LogP contribution in [0.1, 0.15) is 57.9 Å². The van der Waals surface area contributed by atoms with E-state index in [0.29, 0.717) is 5.56 Å². The van der Waals surface area contributed by atoms with Gasteiger partial charge in [-0.15, -0.1) is 0 Å². The minimum atomic E-state index is -0.425. The van der Waals surface area contributed by atoms with Crippen molar-refractivity contribution < 1.29 is 18.8 Å². The van der Waals surface area contributed by atoms with Crippen molar-refractivity contribution in [1.82, 2.24) is 4.57 Å². The van der Waals surface area contributed by atoms with Crippen molar-refractivity contribution in [3.63, 3.8) is 0 Å². The van der Waals surface area contributed by atoms with E-state index in [1.165, 1.54) is 7.11 Å². The number of fused-ring (bicyclic) bond motifs is 1. The number of methoxy groups -OCH3 is 1. The minimum absolute atomic E-state index is 0.217. The molecule has 0 unspecified atom stereocenters. The van der Waals surface area contributed by atoms with Gasteiger partial charge in [-0.2, -0.15) is 0 Å². The SMILES string of the molecule is COC(=O)c1cn(C(C)C)c2cc(B3OC(C)(C)C(C)(C)O3)ccc12. The van der Waals surface area contributed by atoms with E-state index in [1.54, 1.807) is 0 Å². The van der Waals surface area contributed by atoms with Crippen molar-refractivity contribution in [3.8, 4) is 0 Å². The van der Waals surface area contributed by atoms with Gasteiger partial charge in [0, 0.05) is 23.1 Å². The number of hydrogen-bond acceptors (Lipinski definition) is 4. The van der Waals surface area contributed by atoms with Crippen LogP contribution in [0.2, 0.25) is 0 Å². The second-order valence-corrected chi connectivity index (χ2v) is 7.90. The van der Waals surface area contributed by atoms with Crippen molar-refractivity contribution in [2.45, 2.75) is 58.8 Å². The van der Waals surface area contributed by atoms with Crippen molar-refractivity contribution in [2.24, 2.45) is 0 Å². The van der Waals surface area contributed by atoms with Gasteiger partial charge in [0.2, 0.25) is 0 Å². The quantitative estimate of drug-likeness (QED) is 0.634. The fraction of sp³-hybridized carbons (Fsp3) is 0.526. The molecule has 1 aromatic carbocycles. The van der Waals surface area contributed by atoms with Crippen molar-refractivity contribution in [1.29, 1.82) is 0 Å². The lowest BCUT2D eigenvalue weighted by molar-refractivity contribution is 0.00578. The number of esters is 1. The van der Waals surface area contributed by atoms with Crippen LogP contribution in [0.15, 0.2) is 24.4 Å². The Morgan fingerprint density at radius 2 is 1.76 bits per heavy atom.